The molecule has 1 heterocycles. The van der Waals surface area contributed by atoms with Crippen LogP contribution < -0.4 is 0 Å². The summed E-state index contributed by atoms with van der Waals surface area (Å²) in [5, 5.41) is 9.80. The molecule has 3 atom stereocenters. The summed E-state index contributed by atoms with van der Waals surface area (Å²) in [5.41, 5.74) is 3.60. The Hall–Kier alpha value is -0.340. The monoisotopic (exact) mass is 236 g/mol. The highest BCUT2D eigenvalue weighted by atomic mass is 16.5. The SMILES string of the molecule is C[C@]1(CO)CCC[C@]2(C)C3=C(CC[C@@H]12)COC3. The highest BCUT2D eigenvalue weighted by Crippen LogP contribution is 2.60. The van der Waals surface area contributed by atoms with Crippen LogP contribution in [0, 0.1) is 16.7 Å². The van der Waals surface area contributed by atoms with Crippen molar-refractivity contribution in [3.8, 4) is 0 Å². The largest absolute Gasteiger partial charge is 0.396 e. The van der Waals surface area contributed by atoms with E-state index in [0.717, 1.165) is 13.2 Å². The summed E-state index contributed by atoms with van der Waals surface area (Å²) < 4.78 is 5.67. The molecule has 2 aliphatic carbocycles. The fraction of sp³-hybridized carbons (Fsp3) is 0.867. The van der Waals surface area contributed by atoms with Gasteiger partial charge in [0, 0.05) is 6.61 Å². The summed E-state index contributed by atoms with van der Waals surface area (Å²) in [4.78, 5) is 0. The van der Waals surface area contributed by atoms with Gasteiger partial charge in [-0.25, -0.2) is 0 Å². The Morgan fingerprint density at radius 3 is 2.88 bits per heavy atom. The Kier molecular flexibility index (Phi) is 2.64. The topological polar surface area (TPSA) is 29.5 Å². The number of hydrogen-bond acceptors (Lipinski definition) is 2. The number of rotatable bonds is 1. The first-order chi connectivity index (χ1) is 8.10. The Balaban J connectivity index is 2.01. The lowest BCUT2D eigenvalue weighted by Crippen LogP contribution is -2.48. The van der Waals surface area contributed by atoms with Gasteiger partial charge in [0.2, 0.25) is 0 Å². The minimum absolute atomic E-state index is 0.133. The lowest BCUT2D eigenvalue weighted by molar-refractivity contribution is -0.0383. The minimum Gasteiger partial charge on any atom is -0.396 e. The van der Waals surface area contributed by atoms with Crippen LogP contribution in [-0.4, -0.2) is 24.9 Å². The molecule has 0 bridgehead atoms. The van der Waals surface area contributed by atoms with Gasteiger partial charge in [-0.3, -0.25) is 0 Å². The van der Waals surface area contributed by atoms with Crippen LogP contribution in [0.3, 0.4) is 0 Å². The first-order valence-electron chi connectivity index (χ1n) is 7.00. The molecule has 0 radical (unpaired) electrons. The van der Waals surface area contributed by atoms with Crippen LogP contribution in [0.25, 0.3) is 0 Å². The number of fused-ring (bicyclic) bond motifs is 2. The maximum absolute atomic E-state index is 9.80. The van der Waals surface area contributed by atoms with Gasteiger partial charge in [0.15, 0.2) is 0 Å². The van der Waals surface area contributed by atoms with Gasteiger partial charge in [0.1, 0.15) is 0 Å². The molecule has 0 aromatic carbocycles. The molecule has 96 valence electrons. The quantitative estimate of drug-likeness (QED) is 0.709. The van der Waals surface area contributed by atoms with Crippen molar-refractivity contribution in [1.29, 1.82) is 0 Å². The summed E-state index contributed by atoms with van der Waals surface area (Å²) in [7, 11) is 0. The van der Waals surface area contributed by atoms with Crippen LogP contribution in [0.1, 0.15) is 46.0 Å². The third kappa shape index (κ3) is 1.53. The first-order valence-corrected chi connectivity index (χ1v) is 7.00. The van der Waals surface area contributed by atoms with Gasteiger partial charge in [-0.05, 0) is 53.6 Å². The molecule has 1 fully saturated rings. The maximum atomic E-state index is 9.80. The van der Waals surface area contributed by atoms with Crippen molar-refractivity contribution in [2.75, 3.05) is 19.8 Å². The summed E-state index contributed by atoms with van der Waals surface area (Å²) in [6, 6.07) is 0. The molecule has 1 saturated carbocycles. The molecule has 2 nitrogen and oxygen atoms in total. The van der Waals surface area contributed by atoms with Crippen molar-refractivity contribution in [2.24, 2.45) is 16.7 Å². The number of ether oxygens (including phenoxy) is 1. The molecule has 0 unspecified atom stereocenters. The molecule has 0 aromatic heterocycles. The Morgan fingerprint density at radius 2 is 2.12 bits per heavy atom. The molecule has 0 saturated heterocycles. The van der Waals surface area contributed by atoms with Gasteiger partial charge >= 0.3 is 0 Å². The molecule has 1 N–H and O–H groups in total. The van der Waals surface area contributed by atoms with Gasteiger partial charge in [-0.1, -0.05) is 20.3 Å². The summed E-state index contributed by atoms with van der Waals surface area (Å²) in [5.74, 6) is 0.647. The van der Waals surface area contributed by atoms with Gasteiger partial charge < -0.3 is 9.84 Å². The number of hydrogen-bond donors (Lipinski definition) is 1. The number of aliphatic hydroxyl groups excluding tert-OH is 1. The second kappa shape index (κ2) is 3.83. The molecular weight excluding hydrogens is 212 g/mol. The van der Waals surface area contributed by atoms with Crippen molar-refractivity contribution in [2.45, 2.75) is 46.0 Å². The van der Waals surface area contributed by atoms with E-state index in [0.29, 0.717) is 17.9 Å². The molecule has 2 heteroatoms. The van der Waals surface area contributed by atoms with E-state index < -0.39 is 0 Å². The van der Waals surface area contributed by atoms with E-state index in [1.807, 2.05) is 0 Å². The second-order valence-electron chi connectivity index (χ2n) is 6.75. The van der Waals surface area contributed by atoms with Crippen molar-refractivity contribution < 1.29 is 9.84 Å². The third-order valence-corrected chi connectivity index (χ3v) is 5.79. The predicted octanol–water partition coefficient (Wildman–Crippen LogP) is 2.91. The van der Waals surface area contributed by atoms with Crippen LogP contribution in [0.2, 0.25) is 0 Å². The van der Waals surface area contributed by atoms with E-state index >= 15 is 0 Å². The van der Waals surface area contributed by atoms with Crippen molar-refractivity contribution in [3.05, 3.63) is 11.1 Å². The van der Waals surface area contributed by atoms with Gasteiger partial charge in [-0.15, -0.1) is 0 Å². The summed E-state index contributed by atoms with van der Waals surface area (Å²) >= 11 is 0. The van der Waals surface area contributed by atoms with Gasteiger partial charge in [0.05, 0.1) is 13.2 Å². The van der Waals surface area contributed by atoms with E-state index in [1.54, 1.807) is 11.1 Å². The number of aliphatic hydroxyl groups is 1. The minimum atomic E-state index is 0.133. The fourth-order valence-corrected chi connectivity index (χ4v) is 4.77. The molecule has 3 aliphatic rings. The molecule has 17 heavy (non-hydrogen) atoms. The van der Waals surface area contributed by atoms with Crippen molar-refractivity contribution in [1.82, 2.24) is 0 Å². The van der Waals surface area contributed by atoms with Crippen molar-refractivity contribution in [3.63, 3.8) is 0 Å². The molecule has 0 spiro atoms. The summed E-state index contributed by atoms with van der Waals surface area (Å²) in [6.45, 7) is 6.78. The maximum Gasteiger partial charge on any atom is 0.0690 e. The Morgan fingerprint density at radius 1 is 1.29 bits per heavy atom. The average Bonchev–Trinajstić information content (AvgIpc) is 2.78. The van der Waals surface area contributed by atoms with E-state index in [9.17, 15) is 5.11 Å². The smallest absolute Gasteiger partial charge is 0.0690 e. The molecule has 0 aromatic rings. The molecule has 1 aliphatic heterocycles. The zero-order valence-electron chi connectivity index (χ0n) is 11.1. The normalized spacial score (nSPS) is 45.7. The molecular formula is C15H24O2. The van der Waals surface area contributed by atoms with E-state index in [1.165, 1.54) is 32.1 Å². The predicted molar refractivity (Wildman–Crippen MR) is 67.7 cm³/mol. The van der Waals surface area contributed by atoms with Crippen LogP contribution >= 0.6 is 0 Å². The standard InChI is InChI=1S/C15H24O2/c1-14(10-16)6-3-7-15(2)12-9-17-8-11(12)4-5-13(14)15/h13,16H,3-10H2,1-2H3/t13-,14+,15+/m0/s1. The first kappa shape index (κ1) is 11.7. The average molecular weight is 236 g/mol. The van der Waals surface area contributed by atoms with Gasteiger partial charge in [0.25, 0.3) is 0 Å². The van der Waals surface area contributed by atoms with Crippen LogP contribution in [0.5, 0.6) is 0 Å². The lowest BCUT2D eigenvalue weighted by atomic mass is 9.50. The zero-order chi connectivity index (χ0) is 12.1. The second-order valence-corrected chi connectivity index (χ2v) is 6.75. The van der Waals surface area contributed by atoms with Crippen LogP contribution in [0.4, 0.5) is 0 Å². The Labute approximate surface area is 104 Å². The van der Waals surface area contributed by atoms with Crippen LogP contribution in [-0.2, 0) is 4.74 Å². The Bertz CT molecular complexity index is 360. The molecule has 0 amide bonds. The third-order valence-electron chi connectivity index (χ3n) is 5.79. The fourth-order valence-electron chi connectivity index (χ4n) is 4.77. The molecule has 3 rings (SSSR count). The van der Waals surface area contributed by atoms with E-state index in [2.05, 4.69) is 13.8 Å². The lowest BCUT2D eigenvalue weighted by Gasteiger charge is -2.54. The van der Waals surface area contributed by atoms with Crippen LogP contribution in [0.15, 0.2) is 11.1 Å². The van der Waals surface area contributed by atoms with Crippen molar-refractivity contribution >= 4 is 0 Å². The van der Waals surface area contributed by atoms with Gasteiger partial charge in [-0.2, -0.15) is 0 Å². The van der Waals surface area contributed by atoms with E-state index in [4.69, 9.17) is 4.74 Å². The van der Waals surface area contributed by atoms with E-state index in [-0.39, 0.29) is 5.41 Å². The highest BCUT2D eigenvalue weighted by Gasteiger charge is 2.52. The highest BCUT2D eigenvalue weighted by molar-refractivity contribution is 5.31. The summed E-state index contributed by atoms with van der Waals surface area (Å²) in [6.07, 6.45) is 6.17. The zero-order valence-corrected chi connectivity index (χ0v) is 11.1.